The standard InChI is InChI=1S/C22H21NO3S/c1-25-19-12-6-11-18(20(19)26-2)22-23(13-14-27-22)21(24)17-10-5-8-15-7-3-4-9-16(15)17/h3-12,22H,13-14H2,1-2H3. The number of carbonyl (C=O) groups excluding carboxylic acids is 1. The molecular weight excluding hydrogens is 358 g/mol. The van der Waals surface area contributed by atoms with E-state index >= 15 is 0 Å². The van der Waals surface area contributed by atoms with Gasteiger partial charge in [0.05, 0.1) is 14.2 Å². The summed E-state index contributed by atoms with van der Waals surface area (Å²) >= 11 is 1.75. The Balaban J connectivity index is 1.75. The van der Waals surface area contributed by atoms with Crippen molar-refractivity contribution in [2.75, 3.05) is 26.5 Å². The fraction of sp³-hybridized carbons (Fsp3) is 0.227. The summed E-state index contributed by atoms with van der Waals surface area (Å²) in [5.74, 6) is 2.31. The van der Waals surface area contributed by atoms with Crippen LogP contribution in [0.25, 0.3) is 10.8 Å². The Hall–Kier alpha value is -2.66. The summed E-state index contributed by atoms with van der Waals surface area (Å²) in [7, 11) is 3.26. The molecule has 4 nitrogen and oxygen atoms in total. The van der Waals surface area contributed by atoms with Crippen LogP contribution in [0.4, 0.5) is 0 Å². The summed E-state index contributed by atoms with van der Waals surface area (Å²) in [4.78, 5) is 15.4. The highest BCUT2D eigenvalue weighted by atomic mass is 32.2. The van der Waals surface area contributed by atoms with Gasteiger partial charge in [0.2, 0.25) is 0 Å². The van der Waals surface area contributed by atoms with Gasteiger partial charge in [0, 0.05) is 23.4 Å². The molecule has 3 aromatic rings. The first-order valence-corrected chi connectivity index (χ1v) is 9.90. The Kier molecular flexibility index (Phi) is 4.94. The molecule has 3 aromatic carbocycles. The van der Waals surface area contributed by atoms with E-state index in [9.17, 15) is 4.79 Å². The summed E-state index contributed by atoms with van der Waals surface area (Å²) in [5.41, 5.74) is 1.70. The van der Waals surface area contributed by atoms with Gasteiger partial charge in [-0.1, -0.05) is 48.5 Å². The average Bonchev–Trinajstić information content (AvgIpc) is 3.21. The Bertz CT molecular complexity index is 983. The average molecular weight is 379 g/mol. The minimum Gasteiger partial charge on any atom is -0.493 e. The summed E-state index contributed by atoms with van der Waals surface area (Å²) in [6.07, 6.45) is 0. The van der Waals surface area contributed by atoms with E-state index in [0.717, 1.165) is 27.7 Å². The van der Waals surface area contributed by atoms with Crippen molar-refractivity contribution in [2.45, 2.75) is 5.37 Å². The van der Waals surface area contributed by atoms with Crippen LogP contribution in [0, 0.1) is 0 Å². The smallest absolute Gasteiger partial charge is 0.255 e. The molecule has 1 aliphatic heterocycles. The van der Waals surface area contributed by atoms with Gasteiger partial charge in [0.15, 0.2) is 11.5 Å². The minimum absolute atomic E-state index is 0.0478. The minimum atomic E-state index is -0.0958. The Morgan fingerprint density at radius 3 is 2.59 bits per heavy atom. The first-order valence-electron chi connectivity index (χ1n) is 8.86. The van der Waals surface area contributed by atoms with Gasteiger partial charge in [-0.15, -0.1) is 11.8 Å². The van der Waals surface area contributed by atoms with Crippen LogP contribution in [0.1, 0.15) is 21.3 Å². The second-order valence-electron chi connectivity index (χ2n) is 6.33. The van der Waals surface area contributed by atoms with Gasteiger partial charge in [-0.25, -0.2) is 0 Å². The maximum atomic E-state index is 13.4. The number of methoxy groups -OCH3 is 2. The lowest BCUT2D eigenvalue weighted by molar-refractivity contribution is 0.0761. The summed E-state index contributed by atoms with van der Waals surface area (Å²) < 4.78 is 11.0. The summed E-state index contributed by atoms with van der Waals surface area (Å²) in [6.45, 7) is 0.706. The molecule has 0 aliphatic carbocycles. The van der Waals surface area contributed by atoms with E-state index < -0.39 is 0 Å². The Morgan fingerprint density at radius 1 is 1.00 bits per heavy atom. The normalized spacial score (nSPS) is 16.5. The van der Waals surface area contributed by atoms with E-state index in [4.69, 9.17) is 9.47 Å². The lowest BCUT2D eigenvalue weighted by Crippen LogP contribution is -2.30. The van der Waals surface area contributed by atoms with Gasteiger partial charge in [-0.2, -0.15) is 0 Å². The second-order valence-corrected chi connectivity index (χ2v) is 7.52. The number of hydrogen-bond donors (Lipinski definition) is 0. The van der Waals surface area contributed by atoms with E-state index in [1.54, 1.807) is 26.0 Å². The molecule has 0 radical (unpaired) electrons. The van der Waals surface area contributed by atoms with Gasteiger partial charge >= 0.3 is 0 Å². The van der Waals surface area contributed by atoms with E-state index in [2.05, 4.69) is 0 Å². The number of rotatable bonds is 4. The van der Waals surface area contributed by atoms with Crippen molar-refractivity contribution in [2.24, 2.45) is 0 Å². The molecule has 138 valence electrons. The zero-order valence-electron chi connectivity index (χ0n) is 15.3. The number of thioether (sulfide) groups is 1. The van der Waals surface area contributed by atoms with Crippen LogP contribution < -0.4 is 9.47 Å². The van der Waals surface area contributed by atoms with Crippen molar-refractivity contribution in [3.8, 4) is 11.5 Å². The number of carbonyl (C=O) groups is 1. The molecule has 1 heterocycles. The van der Waals surface area contributed by atoms with Crippen molar-refractivity contribution < 1.29 is 14.3 Å². The SMILES string of the molecule is COc1cccc(C2SCCN2C(=O)c2cccc3ccccc23)c1OC. The van der Waals surface area contributed by atoms with E-state index in [1.807, 2.05) is 65.6 Å². The van der Waals surface area contributed by atoms with E-state index in [1.165, 1.54) is 0 Å². The fourth-order valence-corrected chi connectivity index (χ4v) is 4.88. The lowest BCUT2D eigenvalue weighted by Gasteiger charge is -2.26. The lowest BCUT2D eigenvalue weighted by atomic mass is 10.0. The van der Waals surface area contributed by atoms with E-state index in [0.29, 0.717) is 18.0 Å². The largest absolute Gasteiger partial charge is 0.493 e. The molecule has 0 N–H and O–H groups in total. The first kappa shape index (κ1) is 17.7. The molecule has 1 unspecified atom stereocenters. The monoisotopic (exact) mass is 379 g/mol. The summed E-state index contributed by atoms with van der Waals surface area (Å²) in [5, 5.41) is 1.96. The molecule has 1 amide bonds. The van der Waals surface area contributed by atoms with Gasteiger partial charge < -0.3 is 14.4 Å². The molecule has 5 heteroatoms. The highest BCUT2D eigenvalue weighted by Gasteiger charge is 2.34. The maximum Gasteiger partial charge on any atom is 0.255 e. The topological polar surface area (TPSA) is 38.8 Å². The molecule has 1 fully saturated rings. The number of nitrogens with zero attached hydrogens (tertiary/aromatic N) is 1. The zero-order chi connectivity index (χ0) is 18.8. The molecular formula is C22H21NO3S. The molecule has 0 spiro atoms. The van der Waals surface area contributed by atoms with Crippen LogP contribution in [0.3, 0.4) is 0 Å². The number of para-hydroxylation sites is 1. The second kappa shape index (κ2) is 7.53. The van der Waals surface area contributed by atoms with Crippen LogP contribution in [-0.2, 0) is 0 Å². The van der Waals surface area contributed by atoms with Crippen LogP contribution in [0.5, 0.6) is 11.5 Å². The van der Waals surface area contributed by atoms with Crippen molar-refractivity contribution in [1.29, 1.82) is 0 Å². The third-order valence-electron chi connectivity index (χ3n) is 4.87. The Morgan fingerprint density at radius 2 is 1.78 bits per heavy atom. The van der Waals surface area contributed by atoms with E-state index in [-0.39, 0.29) is 11.3 Å². The fourth-order valence-electron chi connectivity index (χ4n) is 3.61. The predicted octanol–water partition coefficient (Wildman–Crippen LogP) is 4.74. The van der Waals surface area contributed by atoms with Crippen LogP contribution >= 0.6 is 11.8 Å². The quantitative estimate of drug-likeness (QED) is 0.656. The molecule has 0 saturated carbocycles. The van der Waals surface area contributed by atoms with Crippen molar-refractivity contribution in [3.05, 3.63) is 71.8 Å². The zero-order valence-corrected chi connectivity index (χ0v) is 16.2. The molecule has 27 heavy (non-hydrogen) atoms. The highest BCUT2D eigenvalue weighted by Crippen LogP contribution is 2.45. The predicted molar refractivity (Wildman–Crippen MR) is 110 cm³/mol. The van der Waals surface area contributed by atoms with Gasteiger partial charge in [-0.3, -0.25) is 4.79 Å². The van der Waals surface area contributed by atoms with Gasteiger partial charge in [0.1, 0.15) is 5.37 Å². The van der Waals surface area contributed by atoms with Crippen molar-refractivity contribution in [1.82, 2.24) is 4.90 Å². The molecule has 1 atom stereocenters. The summed E-state index contributed by atoms with van der Waals surface area (Å²) in [6, 6.07) is 19.7. The maximum absolute atomic E-state index is 13.4. The number of hydrogen-bond acceptors (Lipinski definition) is 4. The number of fused-ring (bicyclic) bond motifs is 1. The number of amides is 1. The van der Waals surface area contributed by atoms with Gasteiger partial charge in [0.25, 0.3) is 5.91 Å². The molecule has 1 saturated heterocycles. The first-order chi connectivity index (χ1) is 13.2. The Labute approximate surface area is 163 Å². The van der Waals surface area contributed by atoms with Crippen molar-refractivity contribution in [3.63, 3.8) is 0 Å². The third kappa shape index (κ3) is 3.12. The van der Waals surface area contributed by atoms with Crippen LogP contribution in [-0.4, -0.2) is 37.3 Å². The molecule has 4 rings (SSSR count). The van der Waals surface area contributed by atoms with Crippen LogP contribution in [0.15, 0.2) is 60.7 Å². The molecule has 0 aromatic heterocycles. The third-order valence-corrected chi connectivity index (χ3v) is 6.11. The molecule has 0 bridgehead atoms. The van der Waals surface area contributed by atoms with Crippen molar-refractivity contribution >= 4 is 28.4 Å². The van der Waals surface area contributed by atoms with Gasteiger partial charge in [-0.05, 0) is 22.9 Å². The molecule has 1 aliphatic rings. The number of ether oxygens (including phenoxy) is 2. The van der Waals surface area contributed by atoms with Crippen LogP contribution in [0.2, 0.25) is 0 Å². The number of benzene rings is 3. The highest BCUT2D eigenvalue weighted by molar-refractivity contribution is 7.99.